The maximum absolute atomic E-state index is 12.8. The van der Waals surface area contributed by atoms with Crippen molar-refractivity contribution in [3.63, 3.8) is 0 Å². The molecule has 2 aromatic heterocycles. The lowest BCUT2D eigenvalue weighted by Gasteiger charge is -2.34. The van der Waals surface area contributed by atoms with Gasteiger partial charge in [0.15, 0.2) is 0 Å². The Morgan fingerprint density at radius 1 is 1.13 bits per heavy atom. The molecule has 1 aliphatic heterocycles. The summed E-state index contributed by atoms with van der Waals surface area (Å²) in [6.07, 6.45) is 5.23. The van der Waals surface area contributed by atoms with Gasteiger partial charge < -0.3 is 10.2 Å². The number of hydrogen-bond acceptors (Lipinski definition) is 7. The molecular formula is C20H29N7O2S. The van der Waals surface area contributed by atoms with Crippen molar-refractivity contribution in [3.8, 4) is 0 Å². The van der Waals surface area contributed by atoms with Crippen molar-refractivity contribution in [2.45, 2.75) is 50.7 Å². The number of aromatic nitrogens is 4. The zero-order chi connectivity index (χ0) is 21.3. The monoisotopic (exact) mass is 431 g/mol. The number of carbonyl (C=O) groups excluding carboxylic acids is 2. The third-order valence-electron chi connectivity index (χ3n) is 5.84. The van der Waals surface area contributed by atoms with Gasteiger partial charge in [-0.1, -0.05) is 11.8 Å². The molecule has 2 aromatic rings. The van der Waals surface area contributed by atoms with Crippen LogP contribution < -0.4 is 5.32 Å². The van der Waals surface area contributed by atoms with E-state index < -0.39 is 0 Å². The standard InChI is InChI=1S/C20H29N7O2S/c1-13-16(14(2)27-19(21-13)23-20(24-27)30-3)6-7-18(29)26-10-8-25(9-11-26)12-17(28)22-15-4-5-15/h15H,4-12H2,1-3H3,(H,22,28). The van der Waals surface area contributed by atoms with Crippen LogP contribution in [0.4, 0.5) is 0 Å². The lowest BCUT2D eigenvalue weighted by molar-refractivity contribution is -0.133. The van der Waals surface area contributed by atoms with Gasteiger partial charge in [-0.3, -0.25) is 14.5 Å². The van der Waals surface area contributed by atoms with Crippen LogP contribution in [0.2, 0.25) is 0 Å². The van der Waals surface area contributed by atoms with E-state index in [4.69, 9.17) is 0 Å². The fraction of sp³-hybridized carbons (Fsp3) is 0.650. The SMILES string of the molecule is CSc1nc2nc(C)c(CCC(=O)N3CCN(CC(=O)NC4CC4)CC3)c(C)n2n1. The Kier molecular flexibility index (Phi) is 6.24. The number of rotatable bonds is 7. The smallest absolute Gasteiger partial charge is 0.253 e. The third-order valence-corrected chi connectivity index (χ3v) is 6.37. The normalized spacial score (nSPS) is 17.5. The summed E-state index contributed by atoms with van der Waals surface area (Å²) < 4.78 is 1.77. The molecule has 162 valence electrons. The van der Waals surface area contributed by atoms with Crippen LogP contribution in [0.5, 0.6) is 0 Å². The van der Waals surface area contributed by atoms with Gasteiger partial charge in [0.2, 0.25) is 17.0 Å². The molecule has 0 unspecified atom stereocenters. The predicted molar refractivity (Wildman–Crippen MR) is 115 cm³/mol. The molecule has 2 fully saturated rings. The average molecular weight is 432 g/mol. The molecule has 1 saturated heterocycles. The summed E-state index contributed by atoms with van der Waals surface area (Å²) in [5.41, 5.74) is 2.95. The molecule has 4 rings (SSSR count). The van der Waals surface area contributed by atoms with Crippen LogP contribution in [-0.4, -0.2) is 86.2 Å². The maximum Gasteiger partial charge on any atom is 0.253 e. The number of fused-ring (bicyclic) bond motifs is 1. The minimum absolute atomic E-state index is 0.101. The molecule has 0 aromatic carbocycles. The number of piperazine rings is 1. The Balaban J connectivity index is 1.30. The minimum Gasteiger partial charge on any atom is -0.352 e. The predicted octanol–water partition coefficient (Wildman–Crippen LogP) is 0.818. The zero-order valence-electron chi connectivity index (χ0n) is 17.8. The van der Waals surface area contributed by atoms with Gasteiger partial charge in [0.25, 0.3) is 5.78 Å². The highest BCUT2D eigenvalue weighted by Crippen LogP contribution is 2.19. The number of nitrogens with one attached hydrogen (secondary N) is 1. The minimum atomic E-state index is 0.101. The molecule has 1 aliphatic carbocycles. The van der Waals surface area contributed by atoms with Gasteiger partial charge in [-0.25, -0.2) is 9.50 Å². The van der Waals surface area contributed by atoms with Gasteiger partial charge in [0, 0.05) is 50.0 Å². The second kappa shape index (κ2) is 8.89. The van der Waals surface area contributed by atoms with Gasteiger partial charge in [0.1, 0.15) is 0 Å². The summed E-state index contributed by atoms with van der Waals surface area (Å²) >= 11 is 1.49. The van der Waals surface area contributed by atoms with E-state index in [2.05, 4.69) is 25.3 Å². The first-order valence-electron chi connectivity index (χ1n) is 10.5. The first-order valence-corrected chi connectivity index (χ1v) is 11.7. The Bertz CT molecular complexity index is 948. The van der Waals surface area contributed by atoms with E-state index in [1.54, 1.807) is 4.52 Å². The van der Waals surface area contributed by atoms with Gasteiger partial charge in [0.05, 0.1) is 6.54 Å². The summed E-state index contributed by atoms with van der Waals surface area (Å²) in [7, 11) is 0. The molecule has 0 radical (unpaired) electrons. The lowest BCUT2D eigenvalue weighted by Crippen LogP contribution is -2.51. The van der Waals surface area contributed by atoms with E-state index in [9.17, 15) is 9.59 Å². The van der Waals surface area contributed by atoms with E-state index >= 15 is 0 Å². The fourth-order valence-electron chi connectivity index (χ4n) is 3.89. The van der Waals surface area contributed by atoms with Crippen LogP contribution in [0.25, 0.3) is 5.78 Å². The number of carbonyl (C=O) groups is 2. The molecule has 30 heavy (non-hydrogen) atoms. The number of aryl methyl sites for hydroxylation is 2. The molecule has 0 spiro atoms. The van der Waals surface area contributed by atoms with Crippen LogP contribution in [-0.2, 0) is 16.0 Å². The molecule has 0 atom stereocenters. The first-order chi connectivity index (χ1) is 14.4. The molecule has 1 saturated carbocycles. The Morgan fingerprint density at radius 2 is 1.87 bits per heavy atom. The molecule has 10 heteroatoms. The van der Waals surface area contributed by atoms with Crippen LogP contribution in [0.3, 0.4) is 0 Å². The largest absolute Gasteiger partial charge is 0.352 e. The number of hydrogen-bond donors (Lipinski definition) is 1. The van der Waals surface area contributed by atoms with Gasteiger partial charge in [-0.2, -0.15) is 4.98 Å². The van der Waals surface area contributed by atoms with Crippen molar-refractivity contribution < 1.29 is 9.59 Å². The van der Waals surface area contributed by atoms with Crippen molar-refractivity contribution in [1.82, 2.24) is 34.7 Å². The quantitative estimate of drug-likeness (QED) is 0.649. The van der Waals surface area contributed by atoms with E-state index in [-0.39, 0.29) is 11.8 Å². The maximum atomic E-state index is 12.8. The molecule has 1 N–H and O–H groups in total. The Labute approximate surface area is 180 Å². The molecular weight excluding hydrogens is 402 g/mol. The summed E-state index contributed by atoms with van der Waals surface area (Å²) in [5.74, 6) is 0.856. The van der Waals surface area contributed by atoms with Crippen LogP contribution in [0.15, 0.2) is 5.16 Å². The fourth-order valence-corrected chi connectivity index (χ4v) is 4.22. The highest BCUT2D eigenvalue weighted by molar-refractivity contribution is 7.98. The molecule has 0 bridgehead atoms. The lowest BCUT2D eigenvalue weighted by atomic mass is 10.1. The zero-order valence-corrected chi connectivity index (χ0v) is 18.7. The first kappa shape index (κ1) is 21.0. The number of amides is 2. The van der Waals surface area contributed by atoms with Crippen molar-refractivity contribution >= 4 is 29.4 Å². The molecule has 2 amide bonds. The number of thioether (sulfide) groups is 1. The molecule has 3 heterocycles. The average Bonchev–Trinajstić information content (AvgIpc) is 3.43. The van der Waals surface area contributed by atoms with E-state index in [1.165, 1.54) is 11.8 Å². The Hall–Kier alpha value is -2.20. The van der Waals surface area contributed by atoms with E-state index in [0.717, 1.165) is 42.9 Å². The highest BCUT2D eigenvalue weighted by Gasteiger charge is 2.26. The van der Waals surface area contributed by atoms with Crippen molar-refractivity contribution in [2.24, 2.45) is 0 Å². The third kappa shape index (κ3) is 4.75. The van der Waals surface area contributed by atoms with Crippen LogP contribution in [0, 0.1) is 13.8 Å². The van der Waals surface area contributed by atoms with E-state index in [0.29, 0.717) is 49.5 Å². The second-order valence-corrected chi connectivity index (χ2v) is 8.84. The molecule has 2 aliphatic rings. The van der Waals surface area contributed by atoms with Crippen molar-refractivity contribution in [3.05, 3.63) is 17.0 Å². The summed E-state index contributed by atoms with van der Waals surface area (Å²) in [4.78, 5) is 37.7. The van der Waals surface area contributed by atoms with Crippen LogP contribution in [0.1, 0.15) is 36.2 Å². The summed E-state index contributed by atoms with van der Waals surface area (Å²) in [6, 6.07) is 0.394. The second-order valence-electron chi connectivity index (χ2n) is 8.07. The van der Waals surface area contributed by atoms with Gasteiger partial charge >= 0.3 is 0 Å². The summed E-state index contributed by atoms with van der Waals surface area (Å²) in [6.45, 7) is 7.23. The highest BCUT2D eigenvalue weighted by atomic mass is 32.2. The molecule has 9 nitrogen and oxygen atoms in total. The topological polar surface area (TPSA) is 95.7 Å². The van der Waals surface area contributed by atoms with Crippen LogP contribution >= 0.6 is 11.8 Å². The Morgan fingerprint density at radius 3 is 2.53 bits per heavy atom. The van der Waals surface area contributed by atoms with E-state index in [1.807, 2.05) is 25.0 Å². The van der Waals surface area contributed by atoms with Crippen molar-refractivity contribution in [2.75, 3.05) is 39.0 Å². The number of nitrogens with zero attached hydrogens (tertiary/aromatic N) is 6. The van der Waals surface area contributed by atoms with Gasteiger partial charge in [-0.05, 0) is 44.9 Å². The summed E-state index contributed by atoms with van der Waals surface area (Å²) in [5, 5.41) is 8.19. The van der Waals surface area contributed by atoms with Gasteiger partial charge in [-0.15, -0.1) is 5.10 Å². The van der Waals surface area contributed by atoms with Crippen molar-refractivity contribution in [1.29, 1.82) is 0 Å².